The molecule has 1 amide bonds. The Morgan fingerprint density at radius 1 is 1.00 bits per heavy atom. The Morgan fingerprint density at radius 3 is 2.36 bits per heavy atom. The number of anilines is 3. The van der Waals surface area contributed by atoms with E-state index >= 15 is 0 Å². The third kappa shape index (κ3) is 3.48. The second kappa shape index (κ2) is 6.36. The summed E-state index contributed by atoms with van der Waals surface area (Å²) in [5.41, 5.74) is 2.14. The smallest absolute Gasteiger partial charge is 0.266 e. The Labute approximate surface area is 132 Å². The number of nitrogens with one attached hydrogen (secondary N) is 2. The first-order valence-corrected chi connectivity index (χ1v) is 7.61. The first-order valence-electron chi connectivity index (χ1n) is 6.73. The van der Waals surface area contributed by atoms with Crippen LogP contribution < -0.4 is 10.6 Å². The van der Waals surface area contributed by atoms with Gasteiger partial charge in [-0.15, -0.1) is 21.5 Å². The standard InChI is InChI=1S/C16H14N4OS/c1-11-4-6-12(7-5-11)17-14-8-9-15(20-19-14)18-16(21)13-3-2-10-22-13/h2-10H,1H3,(H,17,19)(H,18,20,21). The van der Waals surface area contributed by atoms with Gasteiger partial charge in [0.2, 0.25) is 0 Å². The maximum atomic E-state index is 11.9. The van der Waals surface area contributed by atoms with Crippen LogP contribution in [0.4, 0.5) is 17.3 Å². The van der Waals surface area contributed by atoms with Gasteiger partial charge in [0.05, 0.1) is 4.88 Å². The van der Waals surface area contributed by atoms with E-state index in [1.807, 2.05) is 42.6 Å². The minimum atomic E-state index is -0.177. The zero-order valence-corrected chi connectivity index (χ0v) is 12.7. The molecule has 3 rings (SSSR count). The monoisotopic (exact) mass is 310 g/mol. The van der Waals surface area contributed by atoms with Crippen LogP contribution in [0.1, 0.15) is 15.2 Å². The molecule has 2 heterocycles. The molecular weight excluding hydrogens is 296 g/mol. The van der Waals surface area contributed by atoms with Gasteiger partial charge in [0.1, 0.15) is 0 Å². The van der Waals surface area contributed by atoms with Gasteiger partial charge >= 0.3 is 0 Å². The largest absolute Gasteiger partial charge is 0.339 e. The summed E-state index contributed by atoms with van der Waals surface area (Å²) in [5, 5.41) is 15.8. The lowest BCUT2D eigenvalue weighted by molar-refractivity contribution is 0.103. The number of carbonyl (C=O) groups excluding carboxylic acids is 1. The van der Waals surface area contributed by atoms with E-state index in [1.165, 1.54) is 16.9 Å². The lowest BCUT2D eigenvalue weighted by Crippen LogP contribution is -2.12. The number of hydrogen-bond donors (Lipinski definition) is 2. The van der Waals surface area contributed by atoms with E-state index in [9.17, 15) is 4.79 Å². The highest BCUT2D eigenvalue weighted by atomic mass is 32.1. The van der Waals surface area contributed by atoms with Crippen LogP contribution in [0.5, 0.6) is 0 Å². The van der Waals surface area contributed by atoms with Gasteiger partial charge in [0, 0.05) is 5.69 Å². The van der Waals surface area contributed by atoms with Crippen molar-refractivity contribution in [1.29, 1.82) is 0 Å². The highest BCUT2D eigenvalue weighted by Crippen LogP contribution is 2.16. The van der Waals surface area contributed by atoms with Gasteiger partial charge in [0.25, 0.3) is 5.91 Å². The van der Waals surface area contributed by atoms with Gasteiger partial charge in [-0.25, -0.2) is 0 Å². The summed E-state index contributed by atoms with van der Waals surface area (Å²) >= 11 is 1.38. The number of nitrogens with zero attached hydrogens (tertiary/aromatic N) is 2. The van der Waals surface area contributed by atoms with Crippen molar-refractivity contribution in [2.24, 2.45) is 0 Å². The van der Waals surface area contributed by atoms with Gasteiger partial charge in [-0.2, -0.15) is 0 Å². The normalized spacial score (nSPS) is 10.2. The molecule has 0 aliphatic heterocycles. The van der Waals surface area contributed by atoms with Crippen LogP contribution in [-0.4, -0.2) is 16.1 Å². The van der Waals surface area contributed by atoms with Crippen molar-refractivity contribution >= 4 is 34.6 Å². The predicted molar refractivity (Wildman–Crippen MR) is 88.8 cm³/mol. The first kappa shape index (κ1) is 14.2. The van der Waals surface area contributed by atoms with Crippen LogP contribution >= 0.6 is 11.3 Å². The number of benzene rings is 1. The minimum absolute atomic E-state index is 0.177. The first-order chi connectivity index (χ1) is 10.7. The SMILES string of the molecule is Cc1ccc(Nc2ccc(NC(=O)c3cccs3)nn2)cc1. The molecule has 1 aromatic carbocycles. The number of aryl methyl sites for hydroxylation is 1. The molecule has 6 heteroatoms. The molecule has 0 bridgehead atoms. The molecule has 0 unspecified atom stereocenters. The van der Waals surface area contributed by atoms with Gasteiger partial charge in [-0.3, -0.25) is 4.79 Å². The Kier molecular flexibility index (Phi) is 4.11. The van der Waals surface area contributed by atoms with Crippen molar-refractivity contribution in [2.75, 3.05) is 10.6 Å². The summed E-state index contributed by atoms with van der Waals surface area (Å²) in [4.78, 5) is 12.5. The fraction of sp³-hybridized carbons (Fsp3) is 0.0625. The molecule has 0 saturated heterocycles. The molecule has 0 radical (unpaired) electrons. The lowest BCUT2D eigenvalue weighted by Gasteiger charge is -2.06. The highest BCUT2D eigenvalue weighted by Gasteiger charge is 2.07. The maximum absolute atomic E-state index is 11.9. The Morgan fingerprint density at radius 2 is 1.73 bits per heavy atom. The highest BCUT2D eigenvalue weighted by molar-refractivity contribution is 7.12. The second-order valence-electron chi connectivity index (χ2n) is 4.73. The fourth-order valence-electron chi connectivity index (χ4n) is 1.84. The molecule has 0 aliphatic carbocycles. The van der Waals surface area contributed by atoms with E-state index in [-0.39, 0.29) is 5.91 Å². The third-order valence-electron chi connectivity index (χ3n) is 2.98. The summed E-state index contributed by atoms with van der Waals surface area (Å²) in [5.74, 6) is 0.870. The topological polar surface area (TPSA) is 66.9 Å². The minimum Gasteiger partial charge on any atom is -0.339 e. The average molecular weight is 310 g/mol. The molecule has 0 atom stereocenters. The predicted octanol–water partition coefficient (Wildman–Crippen LogP) is 3.84. The van der Waals surface area contributed by atoms with Gasteiger partial charge in [-0.05, 0) is 42.6 Å². The van der Waals surface area contributed by atoms with Crippen LogP contribution in [0.15, 0.2) is 53.9 Å². The van der Waals surface area contributed by atoms with E-state index < -0.39 is 0 Å². The summed E-state index contributed by atoms with van der Waals surface area (Å²) in [7, 11) is 0. The summed E-state index contributed by atoms with van der Waals surface area (Å²) < 4.78 is 0. The number of hydrogen-bond acceptors (Lipinski definition) is 5. The molecule has 2 N–H and O–H groups in total. The van der Waals surface area contributed by atoms with E-state index in [0.717, 1.165) is 5.69 Å². The summed E-state index contributed by atoms with van der Waals surface area (Å²) in [6.45, 7) is 2.04. The average Bonchev–Trinajstić information content (AvgIpc) is 3.06. The molecule has 3 aromatic rings. The van der Waals surface area contributed by atoms with Crippen molar-refractivity contribution in [2.45, 2.75) is 6.92 Å². The van der Waals surface area contributed by atoms with Crippen LogP contribution in [0, 0.1) is 6.92 Å². The fourth-order valence-corrected chi connectivity index (χ4v) is 2.46. The molecule has 2 aromatic heterocycles. The molecule has 110 valence electrons. The second-order valence-corrected chi connectivity index (χ2v) is 5.67. The maximum Gasteiger partial charge on any atom is 0.266 e. The van der Waals surface area contributed by atoms with E-state index in [2.05, 4.69) is 20.8 Å². The quantitative estimate of drug-likeness (QED) is 0.768. The summed E-state index contributed by atoms with van der Waals surface area (Å²) in [6.07, 6.45) is 0. The van der Waals surface area contributed by atoms with E-state index in [1.54, 1.807) is 18.2 Å². The van der Waals surface area contributed by atoms with Crippen LogP contribution in [0.25, 0.3) is 0 Å². The van der Waals surface area contributed by atoms with Crippen LogP contribution in [-0.2, 0) is 0 Å². The van der Waals surface area contributed by atoms with Crippen molar-refractivity contribution in [3.8, 4) is 0 Å². The van der Waals surface area contributed by atoms with Gasteiger partial charge in [0.15, 0.2) is 11.6 Å². The van der Waals surface area contributed by atoms with Crippen molar-refractivity contribution in [3.63, 3.8) is 0 Å². The van der Waals surface area contributed by atoms with E-state index in [4.69, 9.17) is 0 Å². The van der Waals surface area contributed by atoms with Crippen LogP contribution in [0.3, 0.4) is 0 Å². The van der Waals surface area contributed by atoms with E-state index in [0.29, 0.717) is 16.5 Å². The Balaban J connectivity index is 1.65. The van der Waals surface area contributed by atoms with Crippen molar-refractivity contribution < 1.29 is 4.79 Å². The number of rotatable bonds is 4. The third-order valence-corrected chi connectivity index (χ3v) is 3.84. The molecular formula is C16H14N4OS. The number of thiophene rings is 1. The lowest BCUT2D eigenvalue weighted by atomic mass is 10.2. The zero-order chi connectivity index (χ0) is 15.4. The van der Waals surface area contributed by atoms with Gasteiger partial charge < -0.3 is 10.6 Å². The molecule has 0 aliphatic rings. The van der Waals surface area contributed by atoms with Crippen LogP contribution in [0.2, 0.25) is 0 Å². The Bertz CT molecular complexity index is 752. The molecule has 0 saturated carbocycles. The van der Waals surface area contributed by atoms with Crippen molar-refractivity contribution in [1.82, 2.24) is 10.2 Å². The number of aromatic nitrogens is 2. The molecule has 5 nitrogen and oxygen atoms in total. The summed E-state index contributed by atoms with van der Waals surface area (Å²) in [6, 6.07) is 15.1. The van der Waals surface area contributed by atoms with Gasteiger partial charge in [-0.1, -0.05) is 23.8 Å². The molecule has 22 heavy (non-hydrogen) atoms. The number of amides is 1. The molecule has 0 spiro atoms. The number of carbonyl (C=O) groups is 1. The molecule has 0 fully saturated rings. The Hall–Kier alpha value is -2.73. The zero-order valence-electron chi connectivity index (χ0n) is 11.9. The van der Waals surface area contributed by atoms with Crippen molar-refractivity contribution in [3.05, 3.63) is 64.4 Å².